The Hall–Kier alpha value is -1.39. The first-order valence-electron chi connectivity index (χ1n) is 6.12. The molecule has 4 nitrogen and oxygen atoms in total. The zero-order valence-corrected chi connectivity index (χ0v) is 12.2. The predicted molar refractivity (Wildman–Crippen MR) is 78.8 cm³/mol. The summed E-state index contributed by atoms with van der Waals surface area (Å²) in [6, 6.07) is 5.77. The van der Waals surface area contributed by atoms with Gasteiger partial charge in [0.15, 0.2) is 5.78 Å². The quantitative estimate of drug-likeness (QED) is 0.782. The zero-order chi connectivity index (χ0) is 13.5. The highest BCUT2D eigenvalue weighted by molar-refractivity contribution is 5.99. The molecule has 1 rings (SSSR count). The van der Waals surface area contributed by atoms with Crippen LogP contribution in [0.1, 0.15) is 34.3 Å². The van der Waals surface area contributed by atoms with E-state index in [1.54, 1.807) is 0 Å². The highest BCUT2D eigenvalue weighted by atomic mass is 35.5. The van der Waals surface area contributed by atoms with E-state index in [4.69, 9.17) is 5.73 Å². The van der Waals surface area contributed by atoms with Gasteiger partial charge in [-0.25, -0.2) is 0 Å². The molecule has 0 spiro atoms. The maximum absolute atomic E-state index is 12.0. The van der Waals surface area contributed by atoms with Gasteiger partial charge in [-0.05, 0) is 25.5 Å². The summed E-state index contributed by atoms with van der Waals surface area (Å²) in [5.41, 5.74) is 7.99. The molecular weight excluding hydrogens is 264 g/mol. The molecule has 0 aliphatic heterocycles. The van der Waals surface area contributed by atoms with Crippen molar-refractivity contribution in [3.63, 3.8) is 0 Å². The van der Waals surface area contributed by atoms with E-state index in [0.717, 1.165) is 11.1 Å². The number of Topliss-reactive ketones (excluding diaryl/α,β-unsaturated/α-hetero) is 1. The van der Waals surface area contributed by atoms with Crippen LogP contribution in [-0.4, -0.2) is 24.8 Å². The van der Waals surface area contributed by atoms with E-state index in [2.05, 4.69) is 5.32 Å². The normalized spacial score (nSPS) is 9.63. The van der Waals surface area contributed by atoms with E-state index in [1.165, 1.54) is 0 Å². The van der Waals surface area contributed by atoms with Crippen LogP contribution in [0, 0.1) is 13.8 Å². The van der Waals surface area contributed by atoms with E-state index in [-0.39, 0.29) is 36.9 Å². The van der Waals surface area contributed by atoms with E-state index in [1.807, 2.05) is 32.0 Å². The summed E-state index contributed by atoms with van der Waals surface area (Å²) in [5.74, 6) is -0.113. The Morgan fingerprint density at radius 1 is 1.21 bits per heavy atom. The highest BCUT2D eigenvalue weighted by Gasteiger charge is 2.11. The molecule has 3 N–H and O–H groups in total. The summed E-state index contributed by atoms with van der Waals surface area (Å²) >= 11 is 0. The topological polar surface area (TPSA) is 72.2 Å². The van der Waals surface area contributed by atoms with Gasteiger partial charge in [-0.1, -0.05) is 17.7 Å². The van der Waals surface area contributed by atoms with Crippen LogP contribution in [0.4, 0.5) is 0 Å². The molecule has 0 aliphatic rings. The van der Waals surface area contributed by atoms with Gasteiger partial charge >= 0.3 is 0 Å². The summed E-state index contributed by atoms with van der Waals surface area (Å²) in [6.07, 6.45) is 0.451. The summed E-state index contributed by atoms with van der Waals surface area (Å²) in [5, 5.41) is 2.65. The molecule has 1 aromatic rings. The molecule has 0 saturated carbocycles. The fourth-order valence-electron chi connectivity index (χ4n) is 1.70. The Morgan fingerprint density at radius 3 is 2.53 bits per heavy atom. The van der Waals surface area contributed by atoms with Crippen molar-refractivity contribution in [2.75, 3.05) is 13.1 Å². The second-order valence-electron chi connectivity index (χ2n) is 4.38. The minimum atomic E-state index is -0.126. The molecule has 1 amide bonds. The number of rotatable bonds is 6. The van der Waals surface area contributed by atoms with Gasteiger partial charge in [0.2, 0.25) is 5.91 Å². The van der Waals surface area contributed by atoms with Crippen molar-refractivity contribution in [2.24, 2.45) is 5.73 Å². The molecule has 0 saturated heterocycles. The number of hydrogen-bond donors (Lipinski definition) is 2. The number of carbonyl (C=O) groups excluding carboxylic acids is 2. The number of halogens is 1. The Balaban J connectivity index is 0.00000324. The number of ketones is 1. The summed E-state index contributed by atoms with van der Waals surface area (Å²) in [7, 11) is 0. The van der Waals surface area contributed by atoms with E-state index in [0.29, 0.717) is 18.7 Å². The van der Waals surface area contributed by atoms with Gasteiger partial charge in [0, 0.05) is 31.5 Å². The Kier molecular flexibility index (Phi) is 8.03. The molecule has 0 aliphatic carbocycles. The van der Waals surface area contributed by atoms with Crippen LogP contribution in [0.15, 0.2) is 18.2 Å². The third-order valence-corrected chi connectivity index (χ3v) is 2.74. The van der Waals surface area contributed by atoms with Crippen LogP contribution >= 0.6 is 12.4 Å². The number of benzene rings is 1. The Bertz CT molecular complexity index is 447. The van der Waals surface area contributed by atoms with Gasteiger partial charge in [-0.15, -0.1) is 12.4 Å². The molecule has 5 heteroatoms. The lowest BCUT2D eigenvalue weighted by Gasteiger charge is -2.06. The first-order valence-corrected chi connectivity index (χ1v) is 6.12. The molecule has 0 fully saturated rings. The largest absolute Gasteiger partial charge is 0.355 e. The highest BCUT2D eigenvalue weighted by Crippen LogP contribution is 2.13. The van der Waals surface area contributed by atoms with Gasteiger partial charge in [-0.3, -0.25) is 9.59 Å². The van der Waals surface area contributed by atoms with Gasteiger partial charge in [0.05, 0.1) is 0 Å². The van der Waals surface area contributed by atoms with Crippen molar-refractivity contribution in [1.82, 2.24) is 5.32 Å². The molecule has 19 heavy (non-hydrogen) atoms. The van der Waals surface area contributed by atoms with Crippen LogP contribution in [0.2, 0.25) is 0 Å². The number of nitrogens with one attached hydrogen (secondary N) is 1. The molecule has 1 aromatic carbocycles. The molecule has 0 radical (unpaired) electrons. The van der Waals surface area contributed by atoms with Crippen molar-refractivity contribution >= 4 is 24.1 Å². The van der Waals surface area contributed by atoms with E-state index >= 15 is 0 Å². The van der Waals surface area contributed by atoms with Crippen molar-refractivity contribution < 1.29 is 9.59 Å². The summed E-state index contributed by atoms with van der Waals surface area (Å²) in [6.45, 7) is 4.72. The minimum Gasteiger partial charge on any atom is -0.355 e. The summed E-state index contributed by atoms with van der Waals surface area (Å²) < 4.78 is 0. The van der Waals surface area contributed by atoms with Crippen molar-refractivity contribution in [3.05, 3.63) is 34.9 Å². The second kappa shape index (κ2) is 8.67. The monoisotopic (exact) mass is 284 g/mol. The molecule has 0 heterocycles. The fraction of sp³-hybridized carbons (Fsp3) is 0.429. The number of amides is 1. The average molecular weight is 285 g/mol. The van der Waals surface area contributed by atoms with Crippen LogP contribution < -0.4 is 11.1 Å². The maximum Gasteiger partial charge on any atom is 0.220 e. The number of nitrogens with two attached hydrogens (primary N) is 1. The molecule has 0 unspecified atom stereocenters. The number of aryl methyl sites for hydroxylation is 2. The minimum absolute atomic E-state index is 0. The fourth-order valence-corrected chi connectivity index (χ4v) is 1.70. The van der Waals surface area contributed by atoms with Crippen molar-refractivity contribution in [2.45, 2.75) is 26.7 Å². The van der Waals surface area contributed by atoms with Crippen LogP contribution in [0.5, 0.6) is 0 Å². The smallest absolute Gasteiger partial charge is 0.220 e. The first kappa shape index (κ1) is 17.6. The lowest BCUT2D eigenvalue weighted by molar-refractivity contribution is -0.121. The first-order chi connectivity index (χ1) is 8.54. The van der Waals surface area contributed by atoms with Crippen LogP contribution in [0.3, 0.4) is 0 Å². The number of hydrogen-bond acceptors (Lipinski definition) is 3. The average Bonchev–Trinajstić information content (AvgIpc) is 2.36. The Morgan fingerprint density at radius 2 is 1.89 bits per heavy atom. The molecule has 0 bridgehead atoms. The van der Waals surface area contributed by atoms with Gasteiger partial charge in [0.1, 0.15) is 0 Å². The van der Waals surface area contributed by atoms with Crippen molar-refractivity contribution in [3.8, 4) is 0 Å². The lowest BCUT2D eigenvalue weighted by Crippen LogP contribution is -2.29. The standard InChI is InChI=1S/C14H20N2O2.ClH/c1-10-3-4-11(2)12(9-10)13(17)5-6-14(18)16-8-7-15;/h3-4,9H,5-8,15H2,1-2H3,(H,16,18);1H. The number of carbonyl (C=O) groups is 2. The van der Waals surface area contributed by atoms with Gasteiger partial charge in [0.25, 0.3) is 0 Å². The van der Waals surface area contributed by atoms with Crippen LogP contribution in [-0.2, 0) is 4.79 Å². The van der Waals surface area contributed by atoms with Gasteiger partial charge in [-0.2, -0.15) is 0 Å². The van der Waals surface area contributed by atoms with Crippen LogP contribution in [0.25, 0.3) is 0 Å². The van der Waals surface area contributed by atoms with Crippen molar-refractivity contribution in [1.29, 1.82) is 0 Å². The molecular formula is C14H21ClN2O2. The Labute approximate surface area is 120 Å². The van der Waals surface area contributed by atoms with E-state index < -0.39 is 0 Å². The molecule has 0 atom stereocenters. The third-order valence-electron chi connectivity index (χ3n) is 2.74. The second-order valence-corrected chi connectivity index (χ2v) is 4.38. The molecule has 106 valence electrons. The molecule has 0 aromatic heterocycles. The van der Waals surface area contributed by atoms with Gasteiger partial charge < -0.3 is 11.1 Å². The lowest BCUT2D eigenvalue weighted by atomic mass is 9.99. The third kappa shape index (κ3) is 5.85. The van der Waals surface area contributed by atoms with E-state index in [9.17, 15) is 9.59 Å². The predicted octanol–water partition coefficient (Wildman–Crippen LogP) is 1.76. The SMILES string of the molecule is Cc1ccc(C)c(C(=O)CCC(=O)NCCN)c1.Cl. The maximum atomic E-state index is 12.0. The zero-order valence-electron chi connectivity index (χ0n) is 11.4. The summed E-state index contributed by atoms with van der Waals surface area (Å²) in [4.78, 5) is 23.4.